The van der Waals surface area contributed by atoms with Crippen LogP contribution in [0.2, 0.25) is 0 Å². The topological polar surface area (TPSA) is 58.6 Å². The number of nitrogens with zero attached hydrogens (tertiary/aromatic N) is 1. The van der Waals surface area contributed by atoms with Crippen molar-refractivity contribution >= 4 is 18.0 Å². The average Bonchev–Trinajstić information content (AvgIpc) is 2.86. The zero-order valence-electron chi connectivity index (χ0n) is 12.3. The summed E-state index contributed by atoms with van der Waals surface area (Å²) in [6.45, 7) is 0.644. The van der Waals surface area contributed by atoms with Crippen molar-refractivity contribution in [2.45, 2.75) is 18.5 Å². The number of carbonyl (C=O) groups is 2. The Morgan fingerprint density at radius 2 is 2.05 bits per heavy atom. The van der Waals surface area contributed by atoms with E-state index in [1.54, 1.807) is 6.08 Å². The van der Waals surface area contributed by atoms with Crippen LogP contribution in [0.5, 0.6) is 0 Å². The number of hydrogen-bond acceptors (Lipinski definition) is 4. The van der Waals surface area contributed by atoms with Gasteiger partial charge in [0.15, 0.2) is 0 Å². The Morgan fingerprint density at radius 1 is 1.33 bits per heavy atom. The van der Waals surface area contributed by atoms with Crippen LogP contribution in [-0.2, 0) is 14.3 Å². The van der Waals surface area contributed by atoms with Gasteiger partial charge >= 0.3 is 5.97 Å². The second-order valence-electron chi connectivity index (χ2n) is 5.16. The van der Waals surface area contributed by atoms with E-state index >= 15 is 0 Å². The first-order chi connectivity index (χ1) is 10.1. The van der Waals surface area contributed by atoms with Gasteiger partial charge in [-0.15, -0.1) is 0 Å². The number of likely N-dealkylation sites (N-methyl/N-ethyl adjacent to an activating group) is 1. The Hall–Kier alpha value is -2.14. The van der Waals surface area contributed by atoms with Gasteiger partial charge in [-0.3, -0.25) is 14.5 Å². The first-order valence-electron chi connectivity index (χ1n) is 6.92. The number of ether oxygens (including phenoxy) is 1. The van der Waals surface area contributed by atoms with E-state index in [2.05, 4.69) is 5.32 Å². The maximum Gasteiger partial charge on any atom is 0.323 e. The fourth-order valence-corrected chi connectivity index (χ4v) is 2.50. The highest BCUT2D eigenvalue weighted by atomic mass is 16.5. The van der Waals surface area contributed by atoms with Crippen LogP contribution in [-0.4, -0.2) is 49.6 Å². The second kappa shape index (κ2) is 7.04. The van der Waals surface area contributed by atoms with Crippen LogP contribution >= 0.6 is 0 Å². The van der Waals surface area contributed by atoms with Crippen molar-refractivity contribution < 1.29 is 14.3 Å². The van der Waals surface area contributed by atoms with Crippen molar-refractivity contribution in [3.8, 4) is 0 Å². The highest BCUT2D eigenvalue weighted by molar-refractivity contribution is 5.92. The van der Waals surface area contributed by atoms with Gasteiger partial charge in [0.05, 0.1) is 7.11 Å². The highest BCUT2D eigenvalue weighted by Gasteiger charge is 2.35. The summed E-state index contributed by atoms with van der Waals surface area (Å²) in [7, 11) is 3.23. The molecule has 1 aliphatic rings. The molecule has 1 aromatic rings. The molecule has 1 saturated heterocycles. The van der Waals surface area contributed by atoms with E-state index in [-0.39, 0.29) is 24.0 Å². The maximum absolute atomic E-state index is 11.9. The number of likely N-dealkylation sites (tertiary alicyclic amines) is 1. The largest absolute Gasteiger partial charge is 0.468 e. The molecule has 0 radical (unpaired) electrons. The molecule has 1 heterocycles. The van der Waals surface area contributed by atoms with Gasteiger partial charge in [0.1, 0.15) is 6.04 Å². The Bertz CT molecular complexity index is 528. The van der Waals surface area contributed by atoms with Gasteiger partial charge in [-0.25, -0.2) is 0 Å². The van der Waals surface area contributed by atoms with Crippen LogP contribution in [0, 0.1) is 0 Å². The Kier molecular flexibility index (Phi) is 5.11. The highest BCUT2D eigenvalue weighted by Crippen LogP contribution is 2.17. The SMILES string of the molecule is COC(=O)[C@@H]1C[C@@H](NC(=O)/C=C/c2ccccc2)CN1C. The van der Waals surface area contributed by atoms with Gasteiger partial charge in [-0.05, 0) is 25.1 Å². The van der Waals surface area contributed by atoms with Crippen LogP contribution < -0.4 is 5.32 Å². The van der Waals surface area contributed by atoms with Crippen molar-refractivity contribution in [3.63, 3.8) is 0 Å². The van der Waals surface area contributed by atoms with Gasteiger partial charge in [0.25, 0.3) is 0 Å². The third-order valence-corrected chi connectivity index (χ3v) is 3.59. The smallest absolute Gasteiger partial charge is 0.323 e. The minimum absolute atomic E-state index is 0.0352. The molecule has 112 valence electrons. The Labute approximate surface area is 124 Å². The first kappa shape index (κ1) is 15.3. The fraction of sp³-hybridized carbons (Fsp3) is 0.375. The van der Waals surface area contributed by atoms with Crippen LogP contribution in [0.25, 0.3) is 6.08 Å². The van der Waals surface area contributed by atoms with Gasteiger partial charge in [0.2, 0.25) is 5.91 Å². The fourth-order valence-electron chi connectivity index (χ4n) is 2.50. The summed E-state index contributed by atoms with van der Waals surface area (Å²) in [4.78, 5) is 25.4. The molecule has 1 fully saturated rings. The minimum atomic E-state index is -0.279. The van der Waals surface area contributed by atoms with E-state index in [1.807, 2.05) is 42.3 Å². The van der Waals surface area contributed by atoms with Gasteiger partial charge in [-0.2, -0.15) is 0 Å². The van der Waals surface area contributed by atoms with E-state index in [0.717, 1.165) is 5.56 Å². The molecule has 2 atom stereocenters. The lowest BCUT2D eigenvalue weighted by Crippen LogP contribution is -2.35. The number of esters is 1. The molecule has 5 heteroatoms. The van der Waals surface area contributed by atoms with Crippen LogP contribution in [0.15, 0.2) is 36.4 Å². The zero-order chi connectivity index (χ0) is 15.2. The van der Waals surface area contributed by atoms with E-state index < -0.39 is 0 Å². The lowest BCUT2D eigenvalue weighted by molar-refractivity contribution is -0.145. The number of carbonyl (C=O) groups excluding carboxylic acids is 2. The first-order valence-corrected chi connectivity index (χ1v) is 6.92. The summed E-state index contributed by atoms with van der Waals surface area (Å²) in [5, 5.41) is 2.91. The monoisotopic (exact) mass is 288 g/mol. The third kappa shape index (κ3) is 4.16. The average molecular weight is 288 g/mol. The van der Waals surface area contributed by atoms with Crippen molar-refractivity contribution in [2.75, 3.05) is 20.7 Å². The van der Waals surface area contributed by atoms with E-state index in [1.165, 1.54) is 13.2 Å². The molecule has 1 aromatic carbocycles. The quantitative estimate of drug-likeness (QED) is 0.665. The third-order valence-electron chi connectivity index (χ3n) is 3.59. The zero-order valence-corrected chi connectivity index (χ0v) is 12.3. The number of amides is 1. The summed E-state index contributed by atoms with van der Waals surface area (Å²) >= 11 is 0. The molecule has 0 unspecified atom stereocenters. The van der Waals surface area contributed by atoms with Crippen LogP contribution in [0.3, 0.4) is 0 Å². The summed E-state index contributed by atoms with van der Waals surface area (Å²) in [6, 6.07) is 9.32. The number of hydrogen-bond donors (Lipinski definition) is 1. The van der Waals surface area contributed by atoms with Crippen LogP contribution in [0.1, 0.15) is 12.0 Å². The Morgan fingerprint density at radius 3 is 2.71 bits per heavy atom. The van der Waals surface area contributed by atoms with E-state index in [4.69, 9.17) is 4.74 Å². The number of methoxy groups -OCH3 is 1. The molecule has 1 amide bonds. The second-order valence-corrected chi connectivity index (χ2v) is 5.16. The maximum atomic E-state index is 11.9. The lowest BCUT2D eigenvalue weighted by Gasteiger charge is -2.15. The predicted octanol–water partition coefficient (Wildman–Crippen LogP) is 1.06. The van der Waals surface area contributed by atoms with Gasteiger partial charge < -0.3 is 10.1 Å². The van der Waals surface area contributed by atoms with Gasteiger partial charge in [-0.1, -0.05) is 30.3 Å². The molecule has 0 spiro atoms. The molecule has 0 saturated carbocycles. The van der Waals surface area contributed by atoms with E-state index in [9.17, 15) is 9.59 Å². The molecular weight excluding hydrogens is 268 g/mol. The summed E-state index contributed by atoms with van der Waals surface area (Å²) in [5.41, 5.74) is 0.976. The normalized spacial score (nSPS) is 22.4. The number of nitrogens with one attached hydrogen (secondary N) is 1. The Balaban J connectivity index is 1.87. The molecule has 21 heavy (non-hydrogen) atoms. The summed E-state index contributed by atoms with van der Waals surface area (Å²) in [5.74, 6) is -0.406. The molecular formula is C16H20N2O3. The number of benzene rings is 1. The predicted molar refractivity (Wildman–Crippen MR) is 80.5 cm³/mol. The number of rotatable bonds is 4. The molecule has 0 aromatic heterocycles. The van der Waals surface area contributed by atoms with Crippen molar-refractivity contribution in [1.82, 2.24) is 10.2 Å². The molecule has 0 aliphatic carbocycles. The lowest BCUT2D eigenvalue weighted by atomic mass is 10.1. The van der Waals surface area contributed by atoms with E-state index in [0.29, 0.717) is 13.0 Å². The van der Waals surface area contributed by atoms with Crippen molar-refractivity contribution in [1.29, 1.82) is 0 Å². The summed E-state index contributed by atoms with van der Waals surface area (Å²) < 4.78 is 4.76. The molecule has 0 bridgehead atoms. The standard InChI is InChI=1S/C16H20N2O3/c1-18-11-13(10-14(18)16(20)21-2)17-15(19)9-8-12-6-4-3-5-7-12/h3-9,13-14H,10-11H2,1-2H3,(H,17,19)/b9-8+/t13-,14+/m1/s1. The molecule has 1 aliphatic heterocycles. The molecule has 2 rings (SSSR count). The van der Waals surface area contributed by atoms with Crippen molar-refractivity contribution in [3.05, 3.63) is 42.0 Å². The van der Waals surface area contributed by atoms with Crippen LogP contribution in [0.4, 0.5) is 0 Å². The minimum Gasteiger partial charge on any atom is -0.468 e. The molecule has 5 nitrogen and oxygen atoms in total. The summed E-state index contributed by atoms with van der Waals surface area (Å²) in [6.07, 6.45) is 3.86. The van der Waals surface area contributed by atoms with Gasteiger partial charge in [0, 0.05) is 18.7 Å². The van der Waals surface area contributed by atoms with Crippen molar-refractivity contribution in [2.24, 2.45) is 0 Å². The molecule has 1 N–H and O–H groups in total.